The number of aromatic carboxylic acids is 2. The van der Waals surface area contributed by atoms with Crippen molar-refractivity contribution in [3.05, 3.63) is 82.9 Å². The van der Waals surface area contributed by atoms with Gasteiger partial charge in [0.25, 0.3) is 11.8 Å². The molecule has 0 radical (unpaired) electrons. The molecule has 0 aromatic heterocycles. The van der Waals surface area contributed by atoms with Gasteiger partial charge in [-0.05, 0) is 72.9 Å². The Morgan fingerprint density at radius 3 is 1.58 bits per heavy atom. The summed E-state index contributed by atoms with van der Waals surface area (Å²) in [7, 11) is 0. The maximum atomic E-state index is 13.2. The van der Waals surface area contributed by atoms with Crippen molar-refractivity contribution in [2.75, 3.05) is 0 Å². The quantitative estimate of drug-likeness (QED) is 0.396. The topological polar surface area (TPSA) is 133 Å². The second-order valence-electron chi connectivity index (χ2n) is 9.98. The van der Waals surface area contributed by atoms with Crippen LogP contribution in [0.25, 0.3) is 12.2 Å². The Kier molecular flexibility index (Phi) is 8.10. The van der Waals surface area contributed by atoms with Gasteiger partial charge >= 0.3 is 11.9 Å². The Morgan fingerprint density at radius 1 is 0.658 bits per heavy atom. The van der Waals surface area contributed by atoms with Crippen LogP contribution in [-0.2, 0) is 0 Å². The van der Waals surface area contributed by atoms with Crippen LogP contribution < -0.4 is 10.6 Å². The number of hydrogen-bond acceptors (Lipinski definition) is 4. The van der Waals surface area contributed by atoms with E-state index in [1.54, 1.807) is 18.2 Å². The summed E-state index contributed by atoms with van der Waals surface area (Å²) < 4.78 is 0. The molecule has 2 amide bonds. The van der Waals surface area contributed by atoms with Crippen molar-refractivity contribution >= 4 is 35.9 Å². The van der Waals surface area contributed by atoms with E-state index in [-0.39, 0.29) is 46.2 Å². The number of carboxylic acids is 2. The van der Waals surface area contributed by atoms with E-state index in [1.807, 2.05) is 0 Å². The summed E-state index contributed by atoms with van der Waals surface area (Å²) in [5.74, 6) is -2.98. The highest BCUT2D eigenvalue weighted by Crippen LogP contribution is 2.41. The molecule has 4 N–H and O–H groups in total. The van der Waals surface area contributed by atoms with Crippen LogP contribution in [-0.4, -0.2) is 46.0 Å². The van der Waals surface area contributed by atoms with E-state index < -0.39 is 23.8 Å². The fourth-order valence-electron chi connectivity index (χ4n) is 5.98. The number of nitrogens with one attached hydrogen (secondary N) is 2. The zero-order chi connectivity index (χ0) is 27.4. The first-order valence-electron chi connectivity index (χ1n) is 12.8. The molecule has 4 rings (SSSR count). The Morgan fingerprint density at radius 2 is 1.11 bits per heavy atom. The Hall–Kier alpha value is -4.20. The van der Waals surface area contributed by atoms with Gasteiger partial charge in [-0.3, -0.25) is 9.59 Å². The maximum Gasteiger partial charge on any atom is 0.336 e. The molecule has 8 nitrogen and oxygen atoms in total. The summed E-state index contributed by atoms with van der Waals surface area (Å²) in [6, 6.07) is 8.86. The largest absolute Gasteiger partial charge is 0.478 e. The van der Waals surface area contributed by atoms with Crippen LogP contribution >= 0.6 is 0 Å². The Bertz CT molecular complexity index is 1300. The van der Waals surface area contributed by atoms with Crippen LogP contribution in [0.15, 0.2) is 49.6 Å². The number of rotatable bonds is 8. The molecular formula is C30H32N2O6. The highest BCUT2D eigenvalue weighted by Gasteiger charge is 2.41. The van der Waals surface area contributed by atoms with Crippen LogP contribution in [0.1, 0.15) is 91.1 Å². The second-order valence-corrected chi connectivity index (χ2v) is 9.98. The first kappa shape index (κ1) is 26.9. The lowest BCUT2D eigenvalue weighted by molar-refractivity contribution is 0.0645. The average Bonchev–Trinajstić information content (AvgIpc) is 2.92. The molecular weight excluding hydrogens is 484 g/mol. The fourth-order valence-corrected chi connectivity index (χ4v) is 5.98. The summed E-state index contributed by atoms with van der Waals surface area (Å²) >= 11 is 0. The lowest BCUT2D eigenvalue weighted by Crippen LogP contribution is -2.54. The van der Waals surface area contributed by atoms with Gasteiger partial charge in [-0.1, -0.05) is 50.3 Å². The number of hydrogen-bond donors (Lipinski definition) is 4. The second kappa shape index (κ2) is 11.5. The molecule has 0 aliphatic heterocycles. The summed E-state index contributed by atoms with van der Waals surface area (Å²) in [4.78, 5) is 49.9. The number of carboxylic acid groups (broad SMARTS) is 2. The lowest BCUT2D eigenvalue weighted by atomic mass is 9.66. The highest BCUT2D eigenvalue weighted by atomic mass is 16.4. The van der Waals surface area contributed by atoms with Gasteiger partial charge in [0.1, 0.15) is 0 Å². The van der Waals surface area contributed by atoms with Crippen LogP contribution in [0.4, 0.5) is 0 Å². The van der Waals surface area contributed by atoms with Gasteiger partial charge in [0.15, 0.2) is 0 Å². The lowest BCUT2D eigenvalue weighted by Gasteiger charge is -2.46. The third-order valence-electron chi connectivity index (χ3n) is 7.83. The van der Waals surface area contributed by atoms with Gasteiger partial charge in [-0.25, -0.2) is 9.59 Å². The smallest absolute Gasteiger partial charge is 0.336 e. The minimum atomic E-state index is -1.18. The van der Waals surface area contributed by atoms with Crippen molar-refractivity contribution in [3.8, 4) is 0 Å². The minimum absolute atomic E-state index is 0.0639. The van der Waals surface area contributed by atoms with Crippen molar-refractivity contribution in [1.82, 2.24) is 10.6 Å². The SMILES string of the molecule is C=Cc1ccc(C(=O)NC2CCCC3C(NC(=O)c4cc(C=C)ccc4C(=O)O)CCCC23)c(C(=O)O)c1. The fraction of sp³-hybridized carbons (Fsp3) is 0.333. The predicted molar refractivity (Wildman–Crippen MR) is 144 cm³/mol. The van der Waals surface area contributed by atoms with Gasteiger partial charge in [0, 0.05) is 12.1 Å². The van der Waals surface area contributed by atoms with Gasteiger partial charge < -0.3 is 20.8 Å². The molecule has 0 bridgehead atoms. The zero-order valence-electron chi connectivity index (χ0n) is 21.1. The summed E-state index contributed by atoms with van der Waals surface area (Å²) in [5.41, 5.74) is 1.34. The summed E-state index contributed by atoms with van der Waals surface area (Å²) in [6.07, 6.45) is 8.11. The van der Waals surface area contributed by atoms with E-state index in [0.717, 1.165) is 38.5 Å². The van der Waals surface area contributed by atoms with Gasteiger partial charge in [-0.15, -0.1) is 0 Å². The van der Waals surface area contributed by atoms with Crippen molar-refractivity contribution < 1.29 is 29.4 Å². The minimum Gasteiger partial charge on any atom is -0.478 e. The molecule has 0 spiro atoms. The van der Waals surface area contributed by atoms with Crippen LogP contribution in [0, 0.1) is 11.8 Å². The number of fused-ring (bicyclic) bond motifs is 1. The molecule has 38 heavy (non-hydrogen) atoms. The van der Waals surface area contributed by atoms with Crippen molar-refractivity contribution in [2.45, 2.75) is 50.6 Å². The molecule has 2 aromatic rings. The van der Waals surface area contributed by atoms with Crippen LogP contribution in [0.2, 0.25) is 0 Å². The van der Waals surface area contributed by atoms with Gasteiger partial charge in [0.05, 0.1) is 22.3 Å². The molecule has 2 saturated carbocycles. The van der Waals surface area contributed by atoms with E-state index in [1.165, 1.54) is 30.3 Å². The monoisotopic (exact) mass is 516 g/mol. The summed E-state index contributed by atoms with van der Waals surface area (Å²) in [6.45, 7) is 7.36. The number of amides is 2. The normalized spacial score (nSPS) is 22.4. The van der Waals surface area contributed by atoms with E-state index in [9.17, 15) is 29.4 Å². The number of carbonyl (C=O) groups excluding carboxylic acids is 2. The van der Waals surface area contributed by atoms with Gasteiger partial charge in [0.2, 0.25) is 0 Å². The van der Waals surface area contributed by atoms with Crippen molar-refractivity contribution in [2.24, 2.45) is 11.8 Å². The molecule has 2 aliphatic rings. The predicted octanol–water partition coefficient (Wildman–Crippen LogP) is 4.87. The average molecular weight is 517 g/mol. The Balaban J connectivity index is 1.51. The third-order valence-corrected chi connectivity index (χ3v) is 7.83. The standard InChI is InChI=1S/C30H32N2O6/c1-3-17-12-14-22(29(35)36)23(15-17)28(34)32-26-10-6-7-19-20(26)8-5-9-25(19)31-27(33)21-13-11-18(4-2)16-24(21)30(37)38/h3-4,11-16,19-20,25-26H,1-2,5-10H2,(H,31,33)(H,32,34)(H,35,36)(H,37,38). The van der Waals surface area contributed by atoms with E-state index >= 15 is 0 Å². The highest BCUT2D eigenvalue weighted by molar-refractivity contribution is 6.06. The zero-order valence-corrected chi connectivity index (χ0v) is 21.1. The molecule has 4 unspecified atom stereocenters. The first-order valence-corrected chi connectivity index (χ1v) is 12.8. The van der Waals surface area contributed by atoms with Crippen molar-refractivity contribution in [1.29, 1.82) is 0 Å². The third kappa shape index (κ3) is 5.54. The molecule has 198 valence electrons. The molecule has 2 aliphatic carbocycles. The molecule has 2 aromatic carbocycles. The molecule has 0 heterocycles. The van der Waals surface area contributed by atoms with Crippen LogP contribution in [0.5, 0.6) is 0 Å². The molecule has 4 atom stereocenters. The van der Waals surface area contributed by atoms with Gasteiger partial charge in [-0.2, -0.15) is 0 Å². The summed E-state index contributed by atoms with van der Waals surface area (Å²) in [5, 5.41) is 25.4. The molecule has 2 fully saturated rings. The number of benzene rings is 2. The maximum absolute atomic E-state index is 13.2. The number of carbonyl (C=O) groups is 4. The van der Waals surface area contributed by atoms with Crippen LogP contribution in [0.3, 0.4) is 0 Å². The van der Waals surface area contributed by atoms with E-state index in [4.69, 9.17) is 0 Å². The first-order chi connectivity index (χ1) is 18.2. The molecule has 0 saturated heterocycles. The van der Waals surface area contributed by atoms with E-state index in [0.29, 0.717) is 11.1 Å². The van der Waals surface area contributed by atoms with Crippen molar-refractivity contribution in [3.63, 3.8) is 0 Å². The van der Waals surface area contributed by atoms with E-state index in [2.05, 4.69) is 23.8 Å². The molecule has 8 heteroatoms. The Labute approximate surface area is 221 Å².